The molecule has 0 radical (unpaired) electrons. The van der Waals surface area contributed by atoms with Gasteiger partial charge < -0.3 is 15.2 Å². The van der Waals surface area contributed by atoms with Gasteiger partial charge in [-0.05, 0) is 55.5 Å². The summed E-state index contributed by atoms with van der Waals surface area (Å²) in [6.45, 7) is 8.11. The average Bonchev–Trinajstić information content (AvgIpc) is 3.14. The van der Waals surface area contributed by atoms with Gasteiger partial charge in [-0.2, -0.15) is 0 Å². The first-order valence-corrected chi connectivity index (χ1v) is 12.5. The molecule has 0 unspecified atom stereocenters. The number of thioether (sulfide) groups is 1. The number of aryl methyl sites for hydroxylation is 2. The summed E-state index contributed by atoms with van der Waals surface area (Å²) >= 11 is 7.50. The first-order valence-electron chi connectivity index (χ1n) is 11.1. The molecule has 2 aromatic carbocycles. The van der Waals surface area contributed by atoms with Crippen LogP contribution in [0.2, 0.25) is 5.02 Å². The van der Waals surface area contributed by atoms with Gasteiger partial charge in [0.1, 0.15) is 0 Å². The molecule has 7 nitrogen and oxygen atoms in total. The van der Waals surface area contributed by atoms with Crippen LogP contribution in [0.1, 0.15) is 53.6 Å². The van der Waals surface area contributed by atoms with Gasteiger partial charge in [-0.15, -0.1) is 10.2 Å². The third kappa shape index (κ3) is 6.61. The summed E-state index contributed by atoms with van der Waals surface area (Å²) in [5, 5.41) is 15.6. The third-order valence-electron chi connectivity index (χ3n) is 5.31. The van der Waals surface area contributed by atoms with E-state index in [0.29, 0.717) is 33.9 Å². The van der Waals surface area contributed by atoms with Gasteiger partial charge in [0.05, 0.1) is 22.4 Å². The molecule has 9 heteroatoms. The Balaban J connectivity index is 1.70. The van der Waals surface area contributed by atoms with Crippen molar-refractivity contribution in [3.63, 3.8) is 0 Å². The van der Waals surface area contributed by atoms with E-state index in [1.807, 2.05) is 43.7 Å². The number of amides is 2. The van der Waals surface area contributed by atoms with E-state index in [4.69, 9.17) is 11.6 Å². The molecule has 0 aliphatic rings. The lowest BCUT2D eigenvalue weighted by Crippen LogP contribution is -2.31. The van der Waals surface area contributed by atoms with Crippen LogP contribution in [-0.4, -0.2) is 32.3 Å². The van der Waals surface area contributed by atoms with Gasteiger partial charge in [-0.3, -0.25) is 9.59 Å². The molecular weight excluding hydrogens is 470 g/mol. The second kappa shape index (κ2) is 11.5. The lowest BCUT2D eigenvalue weighted by molar-refractivity contribution is -0.113. The van der Waals surface area contributed by atoms with Crippen molar-refractivity contribution in [2.45, 2.75) is 45.3 Å². The Bertz CT molecular complexity index is 1180. The summed E-state index contributed by atoms with van der Waals surface area (Å²) in [7, 11) is 1.84. The highest BCUT2D eigenvalue weighted by Crippen LogP contribution is 2.25. The van der Waals surface area contributed by atoms with Gasteiger partial charge in [0.15, 0.2) is 11.0 Å². The zero-order chi connectivity index (χ0) is 24.8. The smallest absolute Gasteiger partial charge is 0.253 e. The lowest BCUT2D eigenvalue weighted by Gasteiger charge is -2.20. The maximum atomic E-state index is 12.9. The molecule has 0 saturated heterocycles. The summed E-state index contributed by atoms with van der Waals surface area (Å²) in [4.78, 5) is 25.4. The lowest BCUT2D eigenvalue weighted by atomic mass is 10.0. The van der Waals surface area contributed by atoms with E-state index in [1.54, 1.807) is 24.3 Å². The molecule has 1 aromatic heterocycles. The molecule has 3 aromatic rings. The van der Waals surface area contributed by atoms with Crippen molar-refractivity contribution in [2.24, 2.45) is 13.0 Å². The number of hydrogen-bond donors (Lipinski definition) is 2. The highest BCUT2D eigenvalue weighted by molar-refractivity contribution is 7.99. The van der Waals surface area contributed by atoms with Crippen molar-refractivity contribution in [2.75, 3.05) is 11.1 Å². The Hall–Kier alpha value is -2.84. The van der Waals surface area contributed by atoms with Gasteiger partial charge in [0, 0.05) is 12.7 Å². The number of nitrogens with one attached hydrogen (secondary N) is 2. The average molecular weight is 500 g/mol. The summed E-state index contributed by atoms with van der Waals surface area (Å²) in [5.41, 5.74) is 3.32. The molecule has 0 saturated carbocycles. The zero-order valence-electron chi connectivity index (χ0n) is 20.1. The maximum absolute atomic E-state index is 12.9. The SMILES string of the molecule is Cc1ccc(C)c(NC(=O)CSc2nnc([C@H](CC(C)C)NC(=O)c3ccccc3Cl)n2C)c1. The van der Waals surface area contributed by atoms with Crippen molar-refractivity contribution < 1.29 is 9.59 Å². The fraction of sp³-hybridized carbons (Fsp3) is 0.360. The maximum Gasteiger partial charge on any atom is 0.253 e. The molecule has 2 amide bonds. The van der Waals surface area contributed by atoms with Crippen LogP contribution >= 0.6 is 23.4 Å². The first kappa shape index (κ1) is 25.8. The summed E-state index contributed by atoms with van der Waals surface area (Å²) < 4.78 is 1.83. The van der Waals surface area contributed by atoms with Crippen LogP contribution in [0.15, 0.2) is 47.6 Å². The number of carbonyl (C=O) groups is 2. The molecule has 34 heavy (non-hydrogen) atoms. The molecule has 0 aliphatic heterocycles. The van der Waals surface area contributed by atoms with E-state index in [-0.39, 0.29) is 23.6 Å². The van der Waals surface area contributed by atoms with Gasteiger partial charge in [0.25, 0.3) is 5.91 Å². The second-order valence-corrected chi connectivity index (χ2v) is 10.0. The number of benzene rings is 2. The highest BCUT2D eigenvalue weighted by atomic mass is 35.5. The topological polar surface area (TPSA) is 88.9 Å². The number of hydrogen-bond acceptors (Lipinski definition) is 5. The van der Waals surface area contributed by atoms with Crippen molar-refractivity contribution in [3.8, 4) is 0 Å². The van der Waals surface area contributed by atoms with E-state index in [0.717, 1.165) is 16.8 Å². The fourth-order valence-corrected chi connectivity index (χ4v) is 4.46. The molecule has 1 atom stereocenters. The Labute approximate surface area is 209 Å². The number of carbonyl (C=O) groups excluding carboxylic acids is 2. The van der Waals surface area contributed by atoms with E-state index < -0.39 is 0 Å². The van der Waals surface area contributed by atoms with Crippen molar-refractivity contribution >= 4 is 40.9 Å². The van der Waals surface area contributed by atoms with Gasteiger partial charge >= 0.3 is 0 Å². The quantitative estimate of drug-likeness (QED) is 0.388. The minimum absolute atomic E-state index is 0.117. The highest BCUT2D eigenvalue weighted by Gasteiger charge is 2.24. The van der Waals surface area contributed by atoms with Crippen LogP contribution < -0.4 is 10.6 Å². The summed E-state index contributed by atoms with van der Waals surface area (Å²) in [5.74, 6) is 0.759. The molecule has 2 N–H and O–H groups in total. The molecule has 0 spiro atoms. The third-order valence-corrected chi connectivity index (χ3v) is 6.66. The number of nitrogens with zero attached hydrogens (tertiary/aromatic N) is 3. The van der Waals surface area contributed by atoms with Crippen LogP contribution in [0.4, 0.5) is 5.69 Å². The molecule has 0 aliphatic carbocycles. The minimum atomic E-state index is -0.348. The van der Waals surface area contributed by atoms with E-state index in [2.05, 4.69) is 34.7 Å². The van der Waals surface area contributed by atoms with Crippen molar-refractivity contribution in [1.82, 2.24) is 20.1 Å². The Morgan fingerprint density at radius 3 is 2.56 bits per heavy atom. The van der Waals surface area contributed by atoms with Gasteiger partial charge in [-0.1, -0.05) is 61.5 Å². The van der Waals surface area contributed by atoms with E-state index in [1.165, 1.54) is 11.8 Å². The summed E-state index contributed by atoms with van der Waals surface area (Å²) in [6.07, 6.45) is 0.681. The Morgan fingerprint density at radius 1 is 1.12 bits per heavy atom. The molecular formula is C25H30ClN5O2S. The van der Waals surface area contributed by atoms with Crippen molar-refractivity contribution in [1.29, 1.82) is 0 Å². The van der Waals surface area contributed by atoms with Crippen LogP contribution in [0.3, 0.4) is 0 Å². The Kier molecular flexibility index (Phi) is 8.74. The minimum Gasteiger partial charge on any atom is -0.342 e. The predicted octanol–water partition coefficient (Wildman–Crippen LogP) is 5.33. The normalized spacial score (nSPS) is 12.0. The van der Waals surface area contributed by atoms with E-state index in [9.17, 15) is 9.59 Å². The first-order chi connectivity index (χ1) is 16.2. The Morgan fingerprint density at radius 2 is 1.85 bits per heavy atom. The molecule has 0 fully saturated rings. The summed E-state index contributed by atoms with van der Waals surface area (Å²) in [6, 6.07) is 12.5. The monoisotopic (exact) mass is 499 g/mol. The van der Waals surface area contributed by atoms with Crippen molar-refractivity contribution in [3.05, 3.63) is 70.0 Å². The van der Waals surface area contributed by atoms with Crippen LogP contribution in [0, 0.1) is 19.8 Å². The largest absolute Gasteiger partial charge is 0.342 e. The fourth-order valence-electron chi connectivity index (χ4n) is 3.52. The predicted molar refractivity (Wildman–Crippen MR) is 137 cm³/mol. The number of halogens is 1. The molecule has 180 valence electrons. The standard InChI is InChI=1S/C25H30ClN5O2S/c1-15(2)12-21(28-24(33)18-8-6-7-9-19(18)26)23-29-30-25(31(23)5)34-14-22(32)27-20-13-16(3)10-11-17(20)4/h6-11,13,15,21H,12,14H2,1-5H3,(H,27,32)(H,28,33)/t21-/m0/s1. The van der Waals surface area contributed by atoms with Crippen LogP contribution in [0.25, 0.3) is 0 Å². The van der Waals surface area contributed by atoms with E-state index >= 15 is 0 Å². The van der Waals surface area contributed by atoms with Gasteiger partial charge in [0.2, 0.25) is 5.91 Å². The molecule has 1 heterocycles. The number of rotatable bonds is 9. The van der Waals surface area contributed by atoms with Gasteiger partial charge in [-0.25, -0.2) is 0 Å². The van der Waals surface area contributed by atoms with Crippen LogP contribution in [-0.2, 0) is 11.8 Å². The molecule has 0 bridgehead atoms. The number of aromatic nitrogens is 3. The number of anilines is 1. The van der Waals surface area contributed by atoms with Crippen LogP contribution in [0.5, 0.6) is 0 Å². The zero-order valence-corrected chi connectivity index (χ0v) is 21.6. The molecule has 3 rings (SSSR count). The second-order valence-electron chi connectivity index (χ2n) is 8.69.